The first-order valence-electron chi connectivity index (χ1n) is 24.6. The lowest BCUT2D eigenvalue weighted by Crippen LogP contribution is -2.10. The molecule has 0 aliphatic carbocycles. The van der Waals surface area contributed by atoms with Crippen molar-refractivity contribution in [3.8, 4) is 74.1 Å². The summed E-state index contributed by atoms with van der Waals surface area (Å²) in [5.41, 5.74) is 6.15. The summed E-state index contributed by atoms with van der Waals surface area (Å²) in [6, 6.07) is 33.4. The molecule has 6 aromatic heterocycles. The van der Waals surface area contributed by atoms with Gasteiger partial charge in [0.15, 0.2) is 23.3 Å². The molecule has 12 aromatic rings. The first kappa shape index (κ1) is 48.2. The fraction of sp³-hybridized carbons (Fsp3) is 0.169. The molecule has 0 N–H and O–H groups in total. The lowest BCUT2D eigenvalue weighted by molar-refractivity contribution is -0.137. The molecular weight excluding hydrogens is 976 g/mol. The quantitative estimate of drug-likeness (QED) is 0.147. The van der Waals surface area contributed by atoms with Gasteiger partial charge >= 0.3 is 6.18 Å². The number of hydrogen-bond acceptors (Lipinski definition) is 13. The Hall–Kier alpha value is -9.76. The van der Waals surface area contributed by atoms with Crippen molar-refractivity contribution in [3.63, 3.8) is 0 Å². The zero-order valence-electron chi connectivity index (χ0n) is 43.2. The molecule has 0 spiro atoms. The molecule has 0 bridgehead atoms. The maximum absolute atomic E-state index is 15.4. The smallest absolute Gasteiger partial charge is 0.308 e. The lowest BCUT2D eigenvalue weighted by atomic mass is 9.92. The van der Waals surface area contributed by atoms with E-state index < -0.39 is 11.7 Å². The topological polar surface area (TPSA) is 188 Å². The maximum atomic E-state index is 15.4. The third-order valence-corrected chi connectivity index (χ3v) is 13.6. The van der Waals surface area contributed by atoms with E-state index in [1.807, 2.05) is 137 Å². The summed E-state index contributed by atoms with van der Waals surface area (Å²) in [4.78, 5) is 55.1. The number of hydrogen-bond donors (Lipinski definition) is 0. The van der Waals surface area contributed by atoms with Gasteiger partial charge in [0.1, 0.15) is 58.2 Å². The highest BCUT2D eigenvalue weighted by Gasteiger charge is 2.35. The van der Waals surface area contributed by atoms with Crippen molar-refractivity contribution in [1.29, 1.82) is 5.26 Å². The Morgan fingerprint density at radius 2 is 0.675 bits per heavy atom. The summed E-state index contributed by atoms with van der Waals surface area (Å²) in [7, 11) is 0. The summed E-state index contributed by atoms with van der Waals surface area (Å²) in [5.74, 6) is 6.32. The third kappa shape index (κ3) is 8.41. The van der Waals surface area contributed by atoms with Crippen molar-refractivity contribution in [3.05, 3.63) is 166 Å². The molecule has 18 heteroatoms. The van der Waals surface area contributed by atoms with Gasteiger partial charge in [0, 0.05) is 43.8 Å². The summed E-state index contributed by atoms with van der Waals surface area (Å²) < 4.78 is 50.2. The first-order chi connectivity index (χ1) is 36.9. The van der Waals surface area contributed by atoms with E-state index >= 15 is 13.2 Å². The predicted molar refractivity (Wildman–Crippen MR) is 288 cm³/mol. The van der Waals surface area contributed by atoms with Gasteiger partial charge in [0.25, 0.3) is 0 Å². The third-order valence-electron chi connectivity index (χ3n) is 13.6. The van der Waals surface area contributed by atoms with Gasteiger partial charge in [-0.2, -0.15) is 18.4 Å². The number of fused-ring (bicyclic) bond motifs is 6. The Kier molecular flexibility index (Phi) is 11.3. The Morgan fingerprint density at radius 1 is 0.377 bits per heavy atom. The number of halogens is 3. The molecule has 0 amide bonds. The normalized spacial score (nSPS) is 11.9. The van der Waals surface area contributed by atoms with Crippen LogP contribution in [-0.4, -0.2) is 68.9 Å². The molecule has 12 rings (SSSR count). The summed E-state index contributed by atoms with van der Waals surface area (Å²) in [6.45, 7) is 16.1. The highest BCUT2D eigenvalue weighted by atomic mass is 19.4. The van der Waals surface area contributed by atoms with Crippen LogP contribution in [-0.2, 0) is 6.18 Å². The Balaban J connectivity index is 1.21. The molecule has 6 aromatic carbocycles. The zero-order chi connectivity index (χ0) is 53.8. The minimum Gasteiger partial charge on any atom is -0.308 e. The molecule has 0 aliphatic heterocycles. The van der Waals surface area contributed by atoms with Gasteiger partial charge in [-0.1, -0.05) is 12.1 Å². The van der Waals surface area contributed by atoms with Crippen molar-refractivity contribution < 1.29 is 13.2 Å². The number of benzene rings is 6. The Morgan fingerprint density at radius 3 is 0.948 bits per heavy atom. The monoisotopic (exact) mass is 1020 g/mol. The summed E-state index contributed by atoms with van der Waals surface area (Å²) in [6.07, 6.45) is -4.73. The van der Waals surface area contributed by atoms with Crippen LogP contribution in [0.3, 0.4) is 0 Å². The fourth-order valence-corrected chi connectivity index (χ4v) is 10.6. The van der Waals surface area contributed by atoms with E-state index in [9.17, 15) is 5.26 Å². The van der Waals surface area contributed by atoms with Gasteiger partial charge in [0.2, 0.25) is 0 Å². The number of nitriles is 1. The first-order valence-corrected chi connectivity index (χ1v) is 24.6. The van der Waals surface area contributed by atoms with Crippen molar-refractivity contribution >= 4 is 43.6 Å². The van der Waals surface area contributed by atoms with Crippen molar-refractivity contribution in [2.24, 2.45) is 0 Å². The van der Waals surface area contributed by atoms with E-state index in [2.05, 4.69) is 65.9 Å². The molecule has 0 radical (unpaired) electrons. The average molecular weight is 1020 g/mol. The van der Waals surface area contributed by atoms with E-state index in [-0.39, 0.29) is 16.7 Å². The summed E-state index contributed by atoms with van der Waals surface area (Å²) >= 11 is 0. The molecule has 15 nitrogen and oxygen atoms in total. The van der Waals surface area contributed by atoms with E-state index in [4.69, 9.17) is 0 Å². The molecule has 376 valence electrons. The van der Waals surface area contributed by atoms with Crippen LogP contribution in [0.5, 0.6) is 0 Å². The Labute approximate surface area is 438 Å². The van der Waals surface area contributed by atoms with Gasteiger partial charge in [-0.3, -0.25) is 0 Å². The fourth-order valence-electron chi connectivity index (χ4n) is 10.6. The van der Waals surface area contributed by atoms with Gasteiger partial charge in [-0.15, -0.1) is 0 Å². The van der Waals surface area contributed by atoms with Crippen LogP contribution < -0.4 is 0 Å². The van der Waals surface area contributed by atoms with Crippen LogP contribution in [0.15, 0.2) is 103 Å². The van der Waals surface area contributed by atoms with E-state index in [0.717, 1.165) is 27.6 Å². The van der Waals surface area contributed by atoms with Crippen LogP contribution in [0.2, 0.25) is 0 Å². The highest BCUT2D eigenvalue weighted by molar-refractivity contribution is 6.13. The van der Waals surface area contributed by atoms with Crippen LogP contribution in [0.25, 0.3) is 112 Å². The molecular formula is C59H44F3N15. The van der Waals surface area contributed by atoms with Gasteiger partial charge in [0.05, 0.1) is 39.0 Å². The minimum absolute atomic E-state index is 0.0232. The molecule has 0 saturated heterocycles. The lowest BCUT2D eigenvalue weighted by Gasteiger charge is -2.21. The van der Waals surface area contributed by atoms with E-state index in [1.165, 1.54) is 6.07 Å². The number of nitrogens with zero attached hydrogens (tertiary/aromatic N) is 15. The second kappa shape index (κ2) is 18.0. The maximum Gasteiger partial charge on any atom is 0.417 e. The molecule has 0 unspecified atom stereocenters. The molecule has 0 fully saturated rings. The van der Waals surface area contributed by atoms with Gasteiger partial charge < -0.3 is 9.13 Å². The van der Waals surface area contributed by atoms with Gasteiger partial charge in [-0.25, -0.2) is 59.8 Å². The zero-order valence-corrected chi connectivity index (χ0v) is 43.2. The predicted octanol–water partition coefficient (Wildman–Crippen LogP) is 12.6. The van der Waals surface area contributed by atoms with Crippen molar-refractivity contribution in [2.75, 3.05) is 0 Å². The number of aromatic nitrogens is 14. The van der Waals surface area contributed by atoms with E-state index in [0.29, 0.717) is 131 Å². The molecule has 0 saturated carbocycles. The largest absolute Gasteiger partial charge is 0.417 e. The number of rotatable bonds is 7. The van der Waals surface area contributed by atoms with Crippen molar-refractivity contribution in [1.82, 2.24) is 68.9 Å². The van der Waals surface area contributed by atoms with Gasteiger partial charge in [-0.05, 0) is 170 Å². The van der Waals surface area contributed by atoms with Crippen LogP contribution >= 0.6 is 0 Å². The molecule has 0 aliphatic rings. The van der Waals surface area contributed by atoms with Crippen LogP contribution in [0.4, 0.5) is 13.2 Å². The number of alkyl halides is 3. The molecule has 77 heavy (non-hydrogen) atoms. The van der Waals surface area contributed by atoms with Crippen LogP contribution in [0.1, 0.15) is 63.3 Å². The average Bonchev–Trinajstić information content (AvgIpc) is 4.15. The standard InChI is InChI=1S/C59H44F3N15/c1-28-11-10-12-47(59(60,61)62)54(28)41-25-52(76-48-17-13-37(55-68-29(2)64-30(3)69-55)21-42(48)43-22-38(14-18-49(43)76)56-70-31(4)65-32(5)71-56)46(27-63)53(26-41)77-50-19-15-39(57-72-33(6)66-34(7)73-57)23-44(50)45-24-40(16-20-51(45)77)58-74-35(8)67-36(9)75-58/h10-26H,1-9H3. The minimum atomic E-state index is -4.73. The number of aryl methyl sites for hydroxylation is 9. The Bertz CT molecular complexity index is 3990. The summed E-state index contributed by atoms with van der Waals surface area (Å²) in [5, 5.41) is 14.8. The second-order valence-corrected chi connectivity index (χ2v) is 19.1. The molecule has 0 atom stereocenters. The van der Waals surface area contributed by atoms with E-state index in [1.54, 1.807) is 25.1 Å². The van der Waals surface area contributed by atoms with Crippen molar-refractivity contribution in [2.45, 2.75) is 68.5 Å². The SMILES string of the molecule is Cc1nc(C)nc(-c2ccc3c(c2)c2cc(-c4nc(C)nc(C)n4)ccc2n3-c2cc(-c3c(C)cccc3C(F)(F)F)cc(-n3c4ccc(-c5nc(C)nc(C)n5)cc4c4cc(-c5nc(C)nc(C)n5)ccc43)c2C#N)n1. The molecule has 6 heterocycles. The second-order valence-electron chi connectivity index (χ2n) is 19.1. The van der Waals surface area contributed by atoms with Crippen LogP contribution in [0, 0.1) is 73.6 Å². The highest BCUT2D eigenvalue weighted by Crippen LogP contribution is 2.45.